The molecule has 6 nitrogen and oxygen atoms in total. The van der Waals surface area contributed by atoms with Crippen LogP contribution < -0.4 is 15.4 Å². The van der Waals surface area contributed by atoms with Crippen LogP contribution in [0.25, 0.3) is 11.1 Å². The zero-order valence-corrected chi connectivity index (χ0v) is 16.4. The maximum Gasteiger partial charge on any atom is 0.321 e. The summed E-state index contributed by atoms with van der Waals surface area (Å²) in [6, 6.07) is 16.5. The zero-order valence-electron chi connectivity index (χ0n) is 16.4. The molecule has 2 aliphatic heterocycles. The Morgan fingerprint density at radius 1 is 1.07 bits per heavy atom. The van der Waals surface area contributed by atoms with Gasteiger partial charge in [-0.05, 0) is 36.7 Å². The molecule has 148 valence electrons. The highest BCUT2D eigenvalue weighted by Gasteiger charge is 2.27. The Kier molecular flexibility index (Phi) is 5.78. The average Bonchev–Trinajstić information content (AvgIpc) is 3.29. The van der Waals surface area contributed by atoms with Crippen LogP contribution in [0.2, 0.25) is 0 Å². The minimum absolute atomic E-state index is 0.0192. The van der Waals surface area contributed by atoms with Crippen LogP contribution in [-0.4, -0.2) is 68.3 Å². The van der Waals surface area contributed by atoms with E-state index in [0.29, 0.717) is 6.04 Å². The summed E-state index contributed by atoms with van der Waals surface area (Å²) in [5.74, 6) is 0.842. The summed E-state index contributed by atoms with van der Waals surface area (Å²) in [6.45, 7) is 5.64. The Morgan fingerprint density at radius 2 is 1.82 bits per heavy atom. The molecule has 2 aromatic carbocycles. The van der Waals surface area contributed by atoms with Gasteiger partial charge in [0.15, 0.2) is 0 Å². The topological polar surface area (TPSA) is 56.8 Å². The van der Waals surface area contributed by atoms with Gasteiger partial charge in [-0.1, -0.05) is 30.3 Å². The number of nitrogens with one attached hydrogen (secondary N) is 2. The first kappa shape index (κ1) is 18.8. The van der Waals surface area contributed by atoms with Crippen molar-refractivity contribution < 1.29 is 9.53 Å². The Hall–Kier alpha value is -2.57. The summed E-state index contributed by atoms with van der Waals surface area (Å²) in [4.78, 5) is 17.0. The fourth-order valence-corrected chi connectivity index (χ4v) is 4.06. The maximum atomic E-state index is 12.6. The van der Waals surface area contributed by atoms with Gasteiger partial charge >= 0.3 is 6.03 Å². The highest BCUT2D eigenvalue weighted by molar-refractivity contribution is 5.89. The molecule has 1 atom stereocenters. The predicted octanol–water partition coefficient (Wildman–Crippen LogP) is 2.87. The molecule has 2 heterocycles. The molecule has 6 heteroatoms. The van der Waals surface area contributed by atoms with Crippen molar-refractivity contribution in [2.24, 2.45) is 0 Å². The van der Waals surface area contributed by atoms with Crippen LogP contribution in [0.5, 0.6) is 5.75 Å². The predicted molar refractivity (Wildman–Crippen MR) is 112 cm³/mol. The molecule has 0 spiro atoms. The van der Waals surface area contributed by atoms with E-state index in [9.17, 15) is 4.79 Å². The molecule has 2 amide bonds. The van der Waals surface area contributed by atoms with Crippen LogP contribution >= 0.6 is 0 Å². The molecule has 2 aromatic rings. The lowest BCUT2D eigenvalue weighted by Gasteiger charge is -2.37. The molecule has 2 N–H and O–H groups in total. The van der Waals surface area contributed by atoms with E-state index in [1.165, 1.54) is 6.42 Å². The molecule has 0 aromatic heterocycles. The number of carbonyl (C=O) groups is 1. The second-order valence-electron chi connectivity index (χ2n) is 7.38. The van der Waals surface area contributed by atoms with Crippen LogP contribution in [0, 0.1) is 0 Å². The van der Waals surface area contributed by atoms with Gasteiger partial charge in [0.1, 0.15) is 5.75 Å². The van der Waals surface area contributed by atoms with E-state index >= 15 is 0 Å². The summed E-state index contributed by atoms with van der Waals surface area (Å²) in [7, 11) is 1.68. The van der Waals surface area contributed by atoms with E-state index in [0.717, 1.165) is 61.8 Å². The first-order chi connectivity index (χ1) is 13.7. The smallest absolute Gasteiger partial charge is 0.321 e. The lowest BCUT2D eigenvalue weighted by molar-refractivity contribution is 0.119. The van der Waals surface area contributed by atoms with E-state index in [1.54, 1.807) is 7.11 Å². The third-order valence-corrected chi connectivity index (χ3v) is 5.71. The molecule has 2 saturated heterocycles. The monoisotopic (exact) mass is 380 g/mol. The SMILES string of the molecule is COc1ccccc1-c1ccc(NC(=O)N2CCN([C@H]3CCNC3)CC2)cc1. The van der Waals surface area contributed by atoms with Crippen molar-refractivity contribution in [3.8, 4) is 16.9 Å². The number of rotatable bonds is 4. The van der Waals surface area contributed by atoms with E-state index in [1.807, 2.05) is 53.4 Å². The van der Waals surface area contributed by atoms with Gasteiger partial charge in [0.05, 0.1) is 7.11 Å². The quantitative estimate of drug-likeness (QED) is 0.856. The van der Waals surface area contributed by atoms with Gasteiger partial charge < -0.3 is 20.3 Å². The fourth-order valence-electron chi connectivity index (χ4n) is 4.06. The standard InChI is InChI=1S/C22H28N4O2/c1-28-21-5-3-2-4-20(21)17-6-8-18(9-7-17)24-22(27)26-14-12-25(13-15-26)19-10-11-23-16-19/h2-9,19,23H,10-16H2,1H3,(H,24,27)/t19-/m0/s1. The lowest BCUT2D eigenvalue weighted by atomic mass is 10.0. The zero-order chi connectivity index (χ0) is 19.3. The summed E-state index contributed by atoms with van der Waals surface area (Å²) >= 11 is 0. The first-order valence-corrected chi connectivity index (χ1v) is 9.99. The molecular weight excluding hydrogens is 352 g/mol. The average molecular weight is 380 g/mol. The van der Waals surface area contributed by atoms with Crippen LogP contribution in [0.15, 0.2) is 48.5 Å². The minimum Gasteiger partial charge on any atom is -0.496 e. The number of hydrogen-bond acceptors (Lipinski definition) is 4. The Bertz CT molecular complexity index is 794. The number of hydrogen-bond donors (Lipinski definition) is 2. The molecule has 0 unspecified atom stereocenters. The molecule has 2 aliphatic rings. The first-order valence-electron chi connectivity index (χ1n) is 9.99. The number of benzene rings is 2. The number of anilines is 1. The van der Waals surface area contributed by atoms with E-state index in [2.05, 4.69) is 15.5 Å². The highest BCUT2D eigenvalue weighted by Crippen LogP contribution is 2.30. The Labute approximate surface area is 166 Å². The Morgan fingerprint density at radius 3 is 2.50 bits per heavy atom. The number of piperazine rings is 1. The molecular formula is C22H28N4O2. The normalized spacial score (nSPS) is 20.2. The number of carbonyl (C=O) groups excluding carboxylic acids is 1. The van der Waals surface area contributed by atoms with Gasteiger partial charge in [-0.25, -0.2) is 4.79 Å². The largest absolute Gasteiger partial charge is 0.496 e. The van der Waals surface area contributed by atoms with E-state index in [4.69, 9.17) is 4.74 Å². The van der Waals surface area contributed by atoms with Gasteiger partial charge in [0, 0.05) is 50.0 Å². The van der Waals surface area contributed by atoms with Gasteiger partial charge in [-0.2, -0.15) is 0 Å². The van der Waals surface area contributed by atoms with Crippen molar-refractivity contribution in [1.82, 2.24) is 15.1 Å². The number of amides is 2. The van der Waals surface area contributed by atoms with Crippen molar-refractivity contribution in [3.63, 3.8) is 0 Å². The second-order valence-corrected chi connectivity index (χ2v) is 7.38. The number of urea groups is 1. The summed E-state index contributed by atoms with van der Waals surface area (Å²) < 4.78 is 5.44. The molecule has 4 rings (SSSR count). The molecule has 0 radical (unpaired) electrons. The van der Waals surface area contributed by atoms with Crippen molar-refractivity contribution >= 4 is 11.7 Å². The maximum absolute atomic E-state index is 12.6. The van der Waals surface area contributed by atoms with E-state index in [-0.39, 0.29) is 6.03 Å². The number of methoxy groups -OCH3 is 1. The molecule has 0 aliphatic carbocycles. The highest BCUT2D eigenvalue weighted by atomic mass is 16.5. The van der Waals surface area contributed by atoms with Gasteiger partial charge in [0.25, 0.3) is 0 Å². The van der Waals surface area contributed by atoms with Gasteiger partial charge in [-0.15, -0.1) is 0 Å². The molecule has 0 saturated carbocycles. The van der Waals surface area contributed by atoms with Gasteiger partial charge in [0.2, 0.25) is 0 Å². The Balaban J connectivity index is 1.34. The van der Waals surface area contributed by atoms with Crippen molar-refractivity contribution in [1.29, 1.82) is 0 Å². The second kappa shape index (κ2) is 8.63. The van der Waals surface area contributed by atoms with Crippen molar-refractivity contribution in [2.75, 3.05) is 51.7 Å². The van der Waals surface area contributed by atoms with Crippen LogP contribution in [-0.2, 0) is 0 Å². The molecule has 2 fully saturated rings. The van der Waals surface area contributed by atoms with Crippen molar-refractivity contribution in [2.45, 2.75) is 12.5 Å². The summed E-state index contributed by atoms with van der Waals surface area (Å²) in [5.41, 5.74) is 2.92. The molecule has 0 bridgehead atoms. The number of ether oxygens (including phenoxy) is 1. The van der Waals surface area contributed by atoms with E-state index < -0.39 is 0 Å². The van der Waals surface area contributed by atoms with Crippen molar-refractivity contribution in [3.05, 3.63) is 48.5 Å². The summed E-state index contributed by atoms with van der Waals surface area (Å²) in [5, 5.41) is 6.45. The van der Waals surface area contributed by atoms with Crippen LogP contribution in [0.1, 0.15) is 6.42 Å². The third-order valence-electron chi connectivity index (χ3n) is 5.71. The minimum atomic E-state index is -0.0192. The number of para-hydroxylation sites is 1. The fraction of sp³-hybridized carbons (Fsp3) is 0.409. The molecule has 28 heavy (non-hydrogen) atoms. The lowest BCUT2D eigenvalue weighted by Crippen LogP contribution is -2.53. The third kappa shape index (κ3) is 4.13. The number of nitrogens with zero attached hydrogens (tertiary/aromatic N) is 2. The van der Waals surface area contributed by atoms with Crippen LogP contribution in [0.3, 0.4) is 0 Å². The van der Waals surface area contributed by atoms with Gasteiger partial charge in [-0.3, -0.25) is 4.90 Å². The summed E-state index contributed by atoms with van der Waals surface area (Å²) in [6.07, 6.45) is 1.21. The van der Waals surface area contributed by atoms with Crippen LogP contribution in [0.4, 0.5) is 10.5 Å².